The quantitative estimate of drug-likeness (QED) is 0.869. The topological polar surface area (TPSA) is 75.4 Å². The Morgan fingerprint density at radius 3 is 2.77 bits per heavy atom. The zero-order chi connectivity index (χ0) is 18.7. The molecule has 0 radical (unpaired) electrons. The van der Waals surface area contributed by atoms with Crippen molar-refractivity contribution >= 4 is 17.5 Å². The van der Waals surface area contributed by atoms with Gasteiger partial charge in [0, 0.05) is 18.3 Å². The summed E-state index contributed by atoms with van der Waals surface area (Å²) in [6.45, 7) is 2.11. The number of primary amides is 1. The molecule has 1 aliphatic carbocycles. The molecule has 5 heteroatoms. The molecule has 26 heavy (non-hydrogen) atoms. The molecule has 1 atom stereocenters. The molecule has 2 aromatic carbocycles. The van der Waals surface area contributed by atoms with Crippen LogP contribution in [0.5, 0.6) is 0 Å². The van der Waals surface area contributed by atoms with Crippen LogP contribution in [-0.4, -0.2) is 30.3 Å². The van der Waals surface area contributed by atoms with Gasteiger partial charge in [-0.2, -0.15) is 0 Å². The first-order valence-corrected chi connectivity index (χ1v) is 8.95. The lowest BCUT2D eigenvalue weighted by Gasteiger charge is -2.33. The highest BCUT2D eigenvalue weighted by molar-refractivity contribution is 5.94. The van der Waals surface area contributed by atoms with Gasteiger partial charge in [-0.15, -0.1) is 0 Å². The second kappa shape index (κ2) is 7.60. The van der Waals surface area contributed by atoms with Gasteiger partial charge in [0.1, 0.15) is 0 Å². The monoisotopic (exact) mass is 351 g/mol. The number of rotatable bonds is 5. The van der Waals surface area contributed by atoms with E-state index in [4.69, 9.17) is 5.73 Å². The molecule has 3 rings (SSSR count). The molecule has 0 fully saturated rings. The maximum Gasteiger partial charge on any atom is 0.248 e. The van der Waals surface area contributed by atoms with Crippen molar-refractivity contribution in [2.45, 2.75) is 32.2 Å². The SMILES string of the molecule is Cc1ccc(C(N)=O)cc1NCC(=O)N(C)C1CCCc2ccccc21. The molecule has 136 valence electrons. The Balaban J connectivity index is 1.69. The number of likely N-dealkylation sites (N-methyl/N-ethyl adjacent to an activating group) is 1. The van der Waals surface area contributed by atoms with E-state index >= 15 is 0 Å². The number of nitrogens with two attached hydrogens (primary N) is 1. The zero-order valence-corrected chi connectivity index (χ0v) is 15.3. The van der Waals surface area contributed by atoms with Crippen LogP contribution in [0, 0.1) is 6.92 Å². The third-order valence-corrected chi connectivity index (χ3v) is 5.15. The molecule has 2 amide bonds. The molecular weight excluding hydrogens is 326 g/mol. The van der Waals surface area contributed by atoms with E-state index in [1.54, 1.807) is 12.1 Å². The molecular formula is C21H25N3O2. The smallest absolute Gasteiger partial charge is 0.248 e. The van der Waals surface area contributed by atoms with Gasteiger partial charge in [0.2, 0.25) is 11.8 Å². The number of nitrogens with zero attached hydrogens (tertiary/aromatic N) is 1. The van der Waals surface area contributed by atoms with E-state index in [0.29, 0.717) is 5.56 Å². The van der Waals surface area contributed by atoms with Gasteiger partial charge in [0.05, 0.1) is 12.6 Å². The Labute approximate surface area is 154 Å². The van der Waals surface area contributed by atoms with Gasteiger partial charge < -0.3 is 16.0 Å². The van der Waals surface area contributed by atoms with Gasteiger partial charge in [-0.3, -0.25) is 9.59 Å². The van der Waals surface area contributed by atoms with Gasteiger partial charge in [-0.1, -0.05) is 30.3 Å². The summed E-state index contributed by atoms with van der Waals surface area (Å²) in [6, 6.07) is 13.7. The fraction of sp³-hybridized carbons (Fsp3) is 0.333. The van der Waals surface area contributed by atoms with Crippen molar-refractivity contribution < 1.29 is 9.59 Å². The van der Waals surface area contributed by atoms with Crippen LogP contribution in [0.3, 0.4) is 0 Å². The van der Waals surface area contributed by atoms with Crippen LogP contribution >= 0.6 is 0 Å². The average molecular weight is 351 g/mol. The van der Waals surface area contributed by atoms with Gasteiger partial charge in [-0.05, 0) is 55.0 Å². The molecule has 0 aromatic heterocycles. The second-order valence-electron chi connectivity index (χ2n) is 6.86. The predicted molar refractivity (Wildman–Crippen MR) is 103 cm³/mol. The molecule has 1 unspecified atom stereocenters. The number of nitrogens with one attached hydrogen (secondary N) is 1. The summed E-state index contributed by atoms with van der Waals surface area (Å²) in [7, 11) is 1.86. The molecule has 0 saturated carbocycles. The fourth-order valence-corrected chi connectivity index (χ4v) is 3.57. The van der Waals surface area contributed by atoms with E-state index in [1.807, 2.05) is 31.0 Å². The number of hydrogen-bond donors (Lipinski definition) is 2. The molecule has 0 spiro atoms. The lowest BCUT2D eigenvalue weighted by Crippen LogP contribution is -2.37. The van der Waals surface area contributed by atoms with Crippen LogP contribution in [0.2, 0.25) is 0 Å². The standard InChI is InChI=1S/C21H25N3O2/c1-14-10-11-16(21(22)26)12-18(14)23-13-20(25)24(2)19-9-5-7-15-6-3-4-8-17(15)19/h3-4,6,8,10-12,19,23H,5,7,9,13H2,1-2H3,(H2,22,26). The minimum Gasteiger partial charge on any atom is -0.376 e. The zero-order valence-electron chi connectivity index (χ0n) is 15.3. The van der Waals surface area contributed by atoms with Crippen LogP contribution in [0.1, 0.15) is 45.9 Å². The van der Waals surface area contributed by atoms with Crippen LogP contribution in [0.25, 0.3) is 0 Å². The summed E-state index contributed by atoms with van der Waals surface area (Å²) in [5, 5.41) is 3.15. The molecule has 3 N–H and O–H groups in total. The number of carbonyl (C=O) groups is 2. The third kappa shape index (κ3) is 3.72. The third-order valence-electron chi connectivity index (χ3n) is 5.15. The first kappa shape index (κ1) is 18.0. The molecule has 0 bridgehead atoms. The highest BCUT2D eigenvalue weighted by Gasteiger charge is 2.26. The van der Waals surface area contributed by atoms with E-state index in [0.717, 1.165) is 30.5 Å². The van der Waals surface area contributed by atoms with Crippen molar-refractivity contribution in [3.8, 4) is 0 Å². The summed E-state index contributed by atoms with van der Waals surface area (Å²) < 4.78 is 0. The van der Waals surface area contributed by atoms with E-state index < -0.39 is 5.91 Å². The Hall–Kier alpha value is -2.82. The van der Waals surface area contributed by atoms with Gasteiger partial charge in [0.25, 0.3) is 0 Å². The second-order valence-corrected chi connectivity index (χ2v) is 6.86. The van der Waals surface area contributed by atoms with Gasteiger partial charge >= 0.3 is 0 Å². The lowest BCUT2D eigenvalue weighted by molar-refractivity contribution is -0.130. The first-order valence-electron chi connectivity index (χ1n) is 8.95. The lowest BCUT2D eigenvalue weighted by atomic mass is 9.87. The molecule has 5 nitrogen and oxygen atoms in total. The van der Waals surface area contributed by atoms with Crippen LogP contribution in [-0.2, 0) is 11.2 Å². The highest BCUT2D eigenvalue weighted by atomic mass is 16.2. The number of aryl methyl sites for hydroxylation is 2. The van der Waals surface area contributed by atoms with Crippen molar-refractivity contribution in [2.24, 2.45) is 5.73 Å². The minimum atomic E-state index is -0.477. The summed E-state index contributed by atoms with van der Waals surface area (Å²) in [5.74, 6) is -0.453. The molecule has 0 heterocycles. The fourth-order valence-electron chi connectivity index (χ4n) is 3.57. The number of amides is 2. The van der Waals surface area contributed by atoms with Gasteiger partial charge in [-0.25, -0.2) is 0 Å². The van der Waals surface area contributed by atoms with Crippen molar-refractivity contribution in [2.75, 3.05) is 18.9 Å². The van der Waals surface area contributed by atoms with E-state index in [1.165, 1.54) is 11.1 Å². The van der Waals surface area contributed by atoms with E-state index in [-0.39, 0.29) is 18.5 Å². The van der Waals surface area contributed by atoms with E-state index in [9.17, 15) is 9.59 Å². The van der Waals surface area contributed by atoms with Crippen molar-refractivity contribution in [1.29, 1.82) is 0 Å². The Kier molecular flexibility index (Phi) is 5.26. The molecule has 2 aromatic rings. The summed E-state index contributed by atoms with van der Waals surface area (Å²) >= 11 is 0. The summed E-state index contributed by atoms with van der Waals surface area (Å²) in [4.78, 5) is 25.9. The Morgan fingerprint density at radius 2 is 2.00 bits per heavy atom. The Morgan fingerprint density at radius 1 is 1.23 bits per heavy atom. The largest absolute Gasteiger partial charge is 0.376 e. The first-order chi connectivity index (χ1) is 12.5. The van der Waals surface area contributed by atoms with E-state index in [2.05, 4.69) is 23.5 Å². The normalized spacial score (nSPS) is 15.8. The predicted octanol–water partition coefficient (Wildman–Crippen LogP) is 3.04. The summed E-state index contributed by atoms with van der Waals surface area (Å²) in [5.41, 5.74) is 10.1. The van der Waals surface area contributed by atoms with Crippen molar-refractivity contribution in [3.63, 3.8) is 0 Å². The maximum absolute atomic E-state index is 12.7. The average Bonchev–Trinajstić information content (AvgIpc) is 2.65. The molecule has 0 aliphatic heterocycles. The van der Waals surface area contributed by atoms with Gasteiger partial charge in [0.15, 0.2) is 0 Å². The van der Waals surface area contributed by atoms with Crippen molar-refractivity contribution in [1.82, 2.24) is 4.90 Å². The molecule has 1 aliphatic rings. The minimum absolute atomic E-state index is 0.0237. The number of fused-ring (bicyclic) bond motifs is 1. The van der Waals surface area contributed by atoms with Crippen LogP contribution < -0.4 is 11.1 Å². The number of carbonyl (C=O) groups excluding carboxylic acids is 2. The number of anilines is 1. The van der Waals surface area contributed by atoms with Crippen LogP contribution in [0.15, 0.2) is 42.5 Å². The number of benzene rings is 2. The Bertz CT molecular complexity index is 832. The maximum atomic E-state index is 12.7. The van der Waals surface area contributed by atoms with Crippen LogP contribution in [0.4, 0.5) is 5.69 Å². The number of hydrogen-bond acceptors (Lipinski definition) is 3. The van der Waals surface area contributed by atoms with Crippen molar-refractivity contribution in [3.05, 3.63) is 64.7 Å². The highest BCUT2D eigenvalue weighted by Crippen LogP contribution is 2.33. The molecule has 0 saturated heterocycles. The summed E-state index contributed by atoms with van der Waals surface area (Å²) in [6.07, 6.45) is 3.15.